The fraction of sp³-hybridized carbons (Fsp3) is 1.00. The monoisotopic (exact) mass is 248 g/mol. The molecule has 0 N–H and O–H groups in total. The number of halogens is 1. The summed E-state index contributed by atoms with van der Waals surface area (Å²) in [6.07, 6.45) is 4.46. The largest absolute Gasteiger partial charge is 0.367 e. The average molecular weight is 249 g/mol. The van der Waals surface area contributed by atoms with E-state index in [0.717, 1.165) is 17.8 Å². The lowest BCUT2D eigenvalue weighted by atomic mass is 9.75. The van der Waals surface area contributed by atoms with Crippen LogP contribution in [-0.2, 0) is 4.74 Å². The molecule has 1 aliphatic carbocycles. The summed E-state index contributed by atoms with van der Waals surface area (Å²) in [6.45, 7) is 6.96. The molecule has 3 atom stereocenters. The highest BCUT2D eigenvalue weighted by Crippen LogP contribution is 2.35. The van der Waals surface area contributed by atoms with Gasteiger partial charge in [-0.25, -0.2) is 0 Å². The Morgan fingerprint density at radius 2 is 2.08 bits per heavy atom. The molecule has 1 saturated carbocycles. The summed E-state index contributed by atoms with van der Waals surface area (Å²) in [7, 11) is 0. The fourth-order valence-electron chi connectivity index (χ4n) is 2.39. The number of ether oxygens (including phenoxy) is 1. The predicted octanol–water partition coefficient (Wildman–Crippen LogP) is 3.82. The summed E-state index contributed by atoms with van der Waals surface area (Å²) in [5.41, 5.74) is 0.688. The van der Waals surface area contributed by atoms with Crippen molar-refractivity contribution < 1.29 is 4.74 Å². The van der Waals surface area contributed by atoms with Crippen molar-refractivity contribution in [2.75, 3.05) is 5.52 Å². The molecule has 0 aromatic carbocycles. The van der Waals surface area contributed by atoms with E-state index in [4.69, 9.17) is 4.74 Å². The summed E-state index contributed by atoms with van der Waals surface area (Å²) in [4.78, 5) is 0. The number of hydrogen-bond donors (Lipinski definition) is 0. The maximum absolute atomic E-state index is 5.74. The maximum Gasteiger partial charge on any atom is 0.102 e. The van der Waals surface area contributed by atoms with E-state index in [2.05, 4.69) is 36.7 Å². The van der Waals surface area contributed by atoms with Gasteiger partial charge in [0, 0.05) is 0 Å². The molecule has 0 radical (unpaired) electrons. The first-order chi connectivity index (χ1) is 6.15. The van der Waals surface area contributed by atoms with Crippen molar-refractivity contribution in [1.82, 2.24) is 0 Å². The zero-order valence-corrected chi connectivity index (χ0v) is 10.5. The van der Waals surface area contributed by atoms with Gasteiger partial charge in [-0.3, -0.25) is 0 Å². The molecular weight excluding hydrogens is 228 g/mol. The zero-order valence-electron chi connectivity index (χ0n) is 8.92. The van der Waals surface area contributed by atoms with Crippen molar-refractivity contribution in [3.05, 3.63) is 0 Å². The van der Waals surface area contributed by atoms with Crippen molar-refractivity contribution >= 4 is 15.9 Å². The van der Waals surface area contributed by atoms with E-state index < -0.39 is 0 Å². The number of alkyl halides is 1. The first kappa shape index (κ1) is 11.5. The van der Waals surface area contributed by atoms with Crippen LogP contribution in [0.15, 0.2) is 0 Å². The molecule has 0 aromatic rings. The third kappa shape index (κ3) is 3.25. The molecule has 0 amide bonds. The molecule has 13 heavy (non-hydrogen) atoms. The summed E-state index contributed by atoms with van der Waals surface area (Å²) >= 11 is 3.36. The fourth-order valence-corrected chi connectivity index (χ4v) is 2.73. The lowest BCUT2D eigenvalue weighted by Gasteiger charge is -2.36. The van der Waals surface area contributed by atoms with Crippen LogP contribution in [0.25, 0.3) is 0 Å². The van der Waals surface area contributed by atoms with E-state index in [1.54, 1.807) is 0 Å². The molecule has 78 valence electrons. The minimum Gasteiger partial charge on any atom is -0.367 e. The van der Waals surface area contributed by atoms with Crippen LogP contribution in [0.5, 0.6) is 0 Å². The third-order valence-corrected chi connectivity index (χ3v) is 3.50. The standard InChI is InChI=1S/C11H21BrO/c1-8(2)10-5-4-9(3)6-11(10)13-7-12/h8-11H,4-7H2,1-3H3. The molecule has 0 aromatic heterocycles. The van der Waals surface area contributed by atoms with Gasteiger partial charge in [0.05, 0.1) is 6.10 Å². The van der Waals surface area contributed by atoms with Crippen LogP contribution < -0.4 is 0 Å². The molecule has 1 aliphatic rings. The number of rotatable bonds is 3. The molecule has 0 saturated heterocycles. The summed E-state index contributed by atoms with van der Waals surface area (Å²) in [5, 5.41) is 0. The summed E-state index contributed by atoms with van der Waals surface area (Å²) in [6, 6.07) is 0. The molecule has 0 bridgehead atoms. The summed E-state index contributed by atoms with van der Waals surface area (Å²) < 4.78 is 5.74. The first-order valence-electron chi connectivity index (χ1n) is 5.32. The van der Waals surface area contributed by atoms with Gasteiger partial charge in [-0.1, -0.05) is 43.1 Å². The van der Waals surface area contributed by atoms with Crippen LogP contribution in [0.2, 0.25) is 0 Å². The Hall–Kier alpha value is 0.440. The van der Waals surface area contributed by atoms with Crippen molar-refractivity contribution in [2.45, 2.75) is 46.1 Å². The second-order valence-corrected chi connectivity index (χ2v) is 5.10. The molecule has 1 fully saturated rings. The van der Waals surface area contributed by atoms with Crippen LogP contribution in [0.1, 0.15) is 40.0 Å². The quantitative estimate of drug-likeness (QED) is 0.691. The predicted molar refractivity (Wildman–Crippen MR) is 60.0 cm³/mol. The van der Waals surface area contributed by atoms with Gasteiger partial charge < -0.3 is 4.74 Å². The Morgan fingerprint density at radius 3 is 2.62 bits per heavy atom. The second-order valence-electron chi connectivity index (χ2n) is 4.64. The van der Waals surface area contributed by atoms with Crippen LogP contribution in [-0.4, -0.2) is 11.6 Å². The SMILES string of the molecule is CC1CCC(C(C)C)C(OCBr)C1. The third-order valence-electron chi connectivity index (χ3n) is 3.24. The highest BCUT2D eigenvalue weighted by molar-refractivity contribution is 9.09. The molecule has 0 aliphatic heterocycles. The minimum absolute atomic E-state index is 0.489. The van der Waals surface area contributed by atoms with Crippen molar-refractivity contribution in [1.29, 1.82) is 0 Å². The Kier molecular flexibility index (Phi) is 4.74. The van der Waals surface area contributed by atoms with Crippen LogP contribution in [0.3, 0.4) is 0 Å². The second kappa shape index (κ2) is 5.35. The molecular formula is C11H21BrO. The highest BCUT2D eigenvalue weighted by Gasteiger charge is 2.30. The van der Waals surface area contributed by atoms with Gasteiger partial charge in [0.25, 0.3) is 0 Å². The van der Waals surface area contributed by atoms with E-state index in [1.807, 2.05) is 0 Å². The van der Waals surface area contributed by atoms with E-state index in [-0.39, 0.29) is 0 Å². The normalized spacial score (nSPS) is 35.3. The van der Waals surface area contributed by atoms with Crippen LogP contribution >= 0.6 is 15.9 Å². The van der Waals surface area contributed by atoms with E-state index >= 15 is 0 Å². The topological polar surface area (TPSA) is 9.23 Å². The Labute approximate surface area is 90.4 Å². The number of hydrogen-bond acceptors (Lipinski definition) is 1. The van der Waals surface area contributed by atoms with Gasteiger partial charge in [-0.15, -0.1) is 0 Å². The van der Waals surface area contributed by atoms with Crippen LogP contribution in [0.4, 0.5) is 0 Å². The van der Waals surface area contributed by atoms with Crippen molar-refractivity contribution in [2.24, 2.45) is 17.8 Å². The molecule has 2 heteroatoms. The van der Waals surface area contributed by atoms with Gasteiger partial charge in [-0.2, -0.15) is 0 Å². The van der Waals surface area contributed by atoms with Crippen molar-refractivity contribution in [3.63, 3.8) is 0 Å². The Bertz CT molecular complexity index is 147. The van der Waals surface area contributed by atoms with Gasteiger partial charge >= 0.3 is 0 Å². The lowest BCUT2D eigenvalue weighted by molar-refractivity contribution is -0.0155. The lowest BCUT2D eigenvalue weighted by Crippen LogP contribution is -2.33. The summed E-state index contributed by atoms with van der Waals surface area (Å²) in [5.74, 6) is 2.38. The van der Waals surface area contributed by atoms with Gasteiger partial charge in [0.2, 0.25) is 0 Å². The Morgan fingerprint density at radius 1 is 1.38 bits per heavy atom. The molecule has 0 heterocycles. The van der Waals surface area contributed by atoms with Gasteiger partial charge in [0.15, 0.2) is 0 Å². The Balaban J connectivity index is 2.50. The molecule has 1 nitrogen and oxygen atoms in total. The smallest absolute Gasteiger partial charge is 0.102 e. The van der Waals surface area contributed by atoms with Crippen LogP contribution in [0, 0.1) is 17.8 Å². The van der Waals surface area contributed by atoms with Gasteiger partial charge in [0.1, 0.15) is 5.52 Å². The zero-order chi connectivity index (χ0) is 9.84. The average Bonchev–Trinajstić information content (AvgIpc) is 2.04. The molecule has 0 spiro atoms. The van der Waals surface area contributed by atoms with Gasteiger partial charge in [-0.05, 0) is 30.6 Å². The van der Waals surface area contributed by atoms with Crippen molar-refractivity contribution in [3.8, 4) is 0 Å². The highest BCUT2D eigenvalue weighted by atomic mass is 79.9. The van der Waals surface area contributed by atoms with E-state index in [1.165, 1.54) is 19.3 Å². The molecule has 1 rings (SSSR count). The maximum atomic E-state index is 5.74. The van der Waals surface area contributed by atoms with E-state index in [0.29, 0.717) is 11.6 Å². The van der Waals surface area contributed by atoms with E-state index in [9.17, 15) is 0 Å². The minimum atomic E-state index is 0.489. The first-order valence-corrected chi connectivity index (χ1v) is 6.44. The molecule has 3 unspecified atom stereocenters.